The lowest BCUT2D eigenvalue weighted by Gasteiger charge is -2.31. The summed E-state index contributed by atoms with van der Waals surface area (Å²) in [5.74, 6) is 2.62. The van der Waals surface area contributed by atoms with Gasteiger partial charge in [0.1, 0.15) is 10.8 Å². The van der Waals surface area contributed by atoms with E-state index in [2.05, 4.69) is 59.1 Å². The van der Waals surface area contributed by atoms with Crippen LogP contribution < -0.4 is 5.73 Å². The fourth-order valence-corrected chi connectivity index (χ4v) is 5.73. The predicted molar refractivity (Wildman–Crippen MR) is 126 cm³/mol. The van der Waals surface area contributed by atoms with Crippen molar-refractivity contribution in [1.29, 1.82) is 0 Å². The van der Waals surface area contributed by atoms with Crippen molar-refractivity contribution in [3.8, 4) is 17.0 Å². The van der Waals surface area contributed by atoms with Gasteiger partial charge in [-0.2, -0.15) is 11.8 Å². The number of phenols is 1. The Labute approximate surface area is 183 Å². The molecule has 0 amide bonds. The lowest BCUT2D eigenvalue weighted by atomic mass is 9.78. The van der Waals surface area contributed by atoms with Gasteiger partial charge in [-0.05, 0) is 47.3 Å². The number of aromatic nitrogens is 1. The summed E-state index contributed by atoms with van der Waals surface area (Å²) in [5.41, 5.74) is 10.1. The predicted octanol–water partition coefficient (Wildman–Crippen LogP) is 6.21. The minimum atomic E-state index is -0.287. The van der Waals surface area contributed by atoms with Crippen LogP contribution in [0, 0.1) is 0 Å². The van der Waals surface area contributed by atoms with Crippen LogP contribution in [0.3, 0.4) is 0 Å². The van der Waals surface area contributed by atoms with Crippen LogP contribution in [0.1, 0.15) is 70.5 Å². The molecule has 3 nitrogen and oxygen atoms in total. The summed E-state index contributed by atoms with van der Waals surface area (Å²) in [6.45, 7) is 12.8. The molecule has 2 heterocycles. The fraction of sp³-hybridized carbons (Fsp3) is 0.591. The molecule has 3 rings (SSSR count). The van der Waals surface area contributed by atoms with Gasteiger partial charge in [0, 0.05) is 22.1 Å². The summed E-state index contributed by atoms with van der Waals surface area (Å²) in [5, 5.41) is 14.1. The van der Waals surface area contributed by atoms with E-state index < -0.39 is 0 Å². The number of benzene rings is 1. The Hall–Kier alpha value is -0.750. The molecule has 3 N–H and O–H groups in total. The lowest BCUT2D eigenvalue weighted by Crippen LogP contribution is -2.40. The summed E-state index contributed by atoms with van der Waals surface area (Å²) in [6.07, 6.45) is 1.97. The molecular formula is C22H33ClN2OS2. The topological polar surface area (TPSA) is 59.1 Å². The van der Waals surface area contributed by atoms with E-state index in [-0.39, 0.29) is 28.8 Å². The molecule has 1 fully saturated rings. The Morgan fingerprint density at radius 1 is 1.00 bits per heavy atom. The second kappa shape index (κ2) is 8.17. The van der Waals surface area contributed by atoms with Crippen LogP contribution in [-0.4, -0.2) is 21.6 Å². The molecular weight excluding hydrogens is 408 g/mol. The van der Waals surface area contributed by atoms with Crippen molar-refractivity contribution in [3.05, 3.63) is 33.6 Å². The van der Waals surface area contributed by atoms with E-state index in [4.69, 9.17) is 10.7 Å². The van der Waals surface area contributed by atoms with Gasteiger partial charge < -0.3 is 10.8 Å². The van der Waals surface area contributed by atoms with Crippen LogP contribution in [-0.2, 0) is 16.4 Å². The summed E-state index contributed by atoms with van der Waals surface area (Å²) >= 11 is 3.65. The van der Waals surface area contributed by atoms with Gasteiger partial charge in [0.15, 0.2) is 0 Å². The maximum atomic E-state index is 10.9. The van der Waals surface area contributed by atoms with Crippen molar-refractivity contribution in [2.24, 2.45) is 5.73 Å². The molecule has 0 radical (unpaired) electrons. The van der Waals surface area contributed by atoms with Crippen LogP contribution in [0.2, 0.25) is 0 Å². The standard InChI is InChI=1S/C22H32N2OS2.ClH/c1-20(2,3)15-11-14(12-16(18(15)25)21(4,5)6)17-13-27-19(24-17)22(23)7-9-26-10-8-22;/h11-13,25H,7-10,23H2,1-6H3;1H. The van der Waals surface area contributed by atoms with Gasteiger partial charge in [-0.3, -0.25) is 0 Å². The zero-order chi connectivity index (χ0) is 20.0. The molecule has 0 aliphatic carbocycles. The highest BCUT2D eigenvalue weighted by atomic mass is 35.5. The Morgan fingerprint density at radius 2 is 1.50 bits per heavy atom. The average Bonchev–Trinajstić information content (AvgIpc) is 3.04. The molecule has 0 spiro atoms. The first-order valence-electron chi connectivity index (χ1n) is 9.63. The van der Waals surface area contributed by atoms with Gasteiger partial charge >= 0.3 is 0 Å². The highest BCUT2D eigenvalue weighted by molar-refractivity contribution is 7.99. The van der Waals surface area contributed by atoms with Crippen molar-refractivity contribution < 1.29 is 5.11 Å². The van der Waals surface area contributed by atoms with Crippen LogP contribution in [0.15, 0.2) is 17.5 Å². The number of hydrogen-bond donors (Lipinski definition) is 2. The molecule has 0 unspecified atom stereocenters. The summed E-state index contributed by atoms with van der Waals surface area (Å²) in [4.78, 5) is 4.95. The first-order valence-corrected chi connectivity index (χ1v) is 11.7. The Bertz CT molecular complexity index is 793. The van der Waals surface area contributed by atoms with Crippen LogP contribution in [0.25, 0.3) is 11.3 Å². The largest absolute Gasteiger partial charge is 0.507 e. The quantitative estimate of drug-likeness (QED) is 0.582. The molecule has 1 aliphatic rings. The van der Waals surface area contributed by atoms with Crippen molar-refractivity contribution in [2.45, 2.75) is 70.8 Å². The fourth-order valence-electron chi connectivity index (χ4n) is 3.51. The third-order valence-electron chi connectivity index (χ3n) is 5.34. The van der Waals surface area contributed by atoms with Crippen LogP contribution in [0.4, 0.5) is 0 Å². The molecule has 0 atom stereocenters. The second-order valence-corrected chi connectivity index (χ2v) is 11.8. The lowest BCUT2D eigenvalue weighted by molar-refractivity contribution is 0.409. The molecule has 156 valence electrons. The van der Waals surface area contributed by atoms with E-state index in [1.165, 1.54) is 0 Å². The highest BCUT2D eigenvalue weighted by Crippen LogP contribution is 2.43. The van der Waals surface area contributed by atoms with E-state index in [1.807, 2.05) is 11.8 Å². The number of phenolic OH excluding ortho intramolecular Hbond substituents is 1. The van der Waals surface area contributed by atoms with Crippen molar-refractivity contribution in [2.75, 3.05) is 11.5 Å². The average molecular weight is 441 g/mol. The van der Waals surface area contributed by atoms with Crippen molar-refractivity contribution >= 4 is 35.5 Å². The number of rotatable bonds is 2. The van der Waals surface area contributed by atoms with E-state index in [1.54, 1.807) is 11.3 Å². The van der Waals surface area contributed by atoms with Gasteiger partial charge in [-0.1, -0.05) is 41.5 Å². The molecule has 1 aliphatic heterocycles. The first kappa shape index (κ1) is 23.5. The third-order valence-corrected chi connectivity index (χ3v) is 7.38. The molecule has 28 heavy (non-hydrogen) atoms. The maximum absolute atomic E-state index is 10.9. The minimum absolute atomic E-state index is 0. The van der Waals surface area contributed by atoms with Crippen LogP contribution >= 0.6 is 35.5 Å². The molecule has 1 saturated heterocycles. The third kappa shape index (κ3) is 4.69. The summed E-state index contributed by atoms with van der Waals surface area (Å²) in [7, 11) is 0. The number of thiazole rings is 1. The number of nitrogens with two attached hydrogens (primary N) is 1. The zero-order valence-corrected chi connectivity index (χ0v) is 20.2. The SMILES string of the molecule is CC(C)(C)c1cc(-c2csc(C3(N)CCSCC3)n2)cc(C(C)(C)C)c1O.Cl. The Balaban J connectivity index is 0.00000280. The molecule has 1 aromatic heterocycles. The number of nitrogens with zero attached hydrogens (tertiary/aromatic N) is 1. The minimum Gasteiger partial charge on any atom is -0.507 e. The molecule has 6 heteroatoms. The van der Waals surface area contributed by atoms with E-state index in [0.29, 0.717) is 5.75 Å². The van der Waals surface area contributed by atoms with Gasteiger partial charge in [-0.15, -0.1) is 23.7 Å². The summed E-state index contributed by atoms with van der Waals surface area (Å²) in [6, 6.07) is 4.20. The maximum Gasteiger partial charge on any atom is 0.123 e. The monoisotopic (exact) mass is 440 g/mol. The number of hydrogen-bond acceptors (Lipinski definition) is 5. The van der Waals surface area contributed by atoms with Crippen molar-refractivity contribution in [1.82, 2.24) is 4.98 Å². The van der Waals surface area contributed by atoms with E-state index in [0.717, 1.165) is 51.7 Å². The van der Waals surface area contributed by atoms with Gasteiger partial charge in [0.05, 0.1) is 11.2 Å². The van der Waals surface area contributed by atoms with E-state index >= 15 is 0 Å². The highest BCUT2D eigenvalue weighted by Gasteiger charge is 2.33. The Morgan fingerprint density at radius 3 is 1.96 bits per heavy atom. The first-order chi connectivity index (χ1) is 12.4. The molecule has 1 aromatic carbocycles. The Kier molecular flexibility index (Phi) is 6.87. The zero-order valence-electron chi connectivity index (χ0n) is 17.8. The second-order valence-electron chi connectivity index (χ2n) is 9.73. The van der Waals surface area contributed by atoms with Crippen molar-refractivity contribution in [3.63, 3.8) is 0 Å². The summed E-state index contributed by atoms with van der Waals surface area (Å²) < 4.78 is 0. The number of halogens is 1. The van der Waals surface area contributed by atoms with Crippen LogP contribution in [0.5, 0.6) is 5.75 Å². The molecule has 2 aromatic rings. The molecule has 0 saturated carbocycles. The smallest absolute Gasteiger partial charge is 0.123 e. The van der Waals surface area contributed by atoms with Gasteiger partial charge in [-0.25, -0.2) is 4.98 Å². The number of aromatic hydroxyl groups is 1. The van der Waals surface area contributed by atoms with Gasteiger partial charge in [0.25, 0.3) is 0 Å². The van der Waals surface area contributed by atoms with E-state index in [9.17, 15) is 5.11 Å². The normalized spacial score (nSPS) is 17.2. The molecule has 0 bridgehead atoms. The van der Waals surface area contributed by atoms with Gasteiger partial charge in [0.2, 0.25) is 0 Å². The number of thioether (sulfide) groups is 1.